The highest BCUT2D eigenvalue weighted by molar-refractivity contribution is 5.55. The van der Waals surface area contributed by atoms with Gasteiger partial charge in [0, 0.05) is 17.3 Å². The summed E-state index contributed by atoms with van der Waals surface area (Å²) in [5, 5.41) is 24.9. The van der Waals surface area contributed by atoms with Gasteiger partial charge in [0.1, 0.15) is 28.9 Å². The predicted octanol–water partition coefficient (Wildman–Crippen LogP) is 4.13. The Labute approximate surface area is 169 Å². The molecule has 3 aromatic rings. The molecule has 0 radical (unpaired) electrons. The minimum absolute atomic E-state index is 0.429. The Bertz CT molecular complexity index is 1050. The summed E-state index contributed by atoms with van der Waals surface area (Å²) in [6, 6.07) is 18.8. The van der Waals surface area contributed by atoms with Crippen molar-refractivity contribution in [2.24, 2.45) is 0 Å². The summed E-state index contributed by atoms with van der Waals surface area (Å²) in [6.07, 6.45) is -0.836. The molecule has 6 nitrogen and oxygen atoms in total. The van der Waals surface area contributed by atoms with E-state index < -0.39 is 17.7 Å². The molecule has 0 saturated carbocycles. The third-order valence-corrected chi connectivity index (χ3v) is 5.27. The highest BCUT2D eigenvalue weighted by Crippen LogP contribution is 2.45. The molecule has 4 rings (SSSR count). The first kappa shape index (κ1) is 19.0. The van der Waals surface area contributed by atoms with Crippen LogP contribution in [0, 0.1) is 18.3 Å². The molecule has 6 heteroatoms. The average molecular weight is 389 g/mol. The van der Waals surface area contributed by atoms with Crippen LogP contribution in [0.1, 0.15) is 42.5 Å². The van der Waals surface area contributed by atoms with Crippen molar-refractivity contribution in [3.63, 3.8) is 0 Å². The zero-order chi connectivity index (χ0) is 20.6. The monoisotopic (exact) mass is 389 g/mol. The number of aromatic nitrogens is 1. The summed E-state index contributed by atoms with van der Waals surface area (Å²) in [5.74, 6) is 1.40. The maximum absolute atomic E-state index is 11.3. The molecule has 0 bridgehead atoms. The van der Waals surface area contributed by atoms with Crippen molar-refractivity contribution in [2.45, 2.75) is 45.1 Å². The first-order valence-corrected chi connectivity index (χ1v) is 9.54. The maximum atomic E-state index is 11.3. The fourth-order valence-corrected chi connectivity index (χ4v) is 3.81. The van der Waals surface area contributed by atoms with Gasteiger partial charge in [-0.25, -0.2) is 0 Å². The number of ether oxygens (including phenoxy) is 1. The SMILES string of the molecule is Cc1cc(CN(c2ccccc2)[C@H]2c3cc(C#N)ccc3OC(C)(C)[C@@H]2O)no1. The van der Waals surface area contributed by atoms with E-state index in [1.54, 1.807) is 18.2 Å². The van der Waals surface area contributed by atoms with Gasteiger partial charge in [-0.2, -0.15) is 5.26 Å². The molecule has 2 atom stereocenters. The summed E-state index contributed by atoms with van der Waals surface area (Å²) >= 11 is 0. The second-order valence-corrected chi connectivity index (χ2v) is 7.85. The lowest BCUT2D eigenvalue weighted by molar-refractivity contribution is -0.0590. The standard InChI is InChI=1S/C23H23N3O3/c1-15-11-17(25-29-15)14-26(18-7-5-4-6-8-18)21-19-12-16(13-24)9-10-20(19)28-23(2,3)22(21)27/h4-12,21-22,27H,14H2,1-3H3/t21-,22+/m0/s1. The lowest BCUT2D eigenvalue weighted by atomic mass is 9.84. The molecule has 0 fully saturated rings. The van der Waals surface area contributed by atoms with E-state index in [4.69, 9.17) is 9.26 Å². The lowest BCUT2D eigenvalue weighted by Crippen LogP contribution is -2.53. The summed E-state index contributed by atoms with van der Waals surface area (Å²) in [5.41, 5.74) is 2.19. The molecule has 29 heavy (non-hydrogen) atoms. The van der Waals surface area contributed by atoms with Crippen molar-refractivity contribution in [1.29, 1.82) is 5.26 Å². The zero-order valence-electron chi connectivity index (χ0n) is 16.7. The summed E-state index contributed by atoms with van der Waals surface area (Å²) in [7, 11) is 0. The second-order valence-electron chi connectivity index (χ2n) is 7.85. The van der Waals surface area contributed by atoms with E-state index in [2.05, 4.69) is 16.1 Å². The van der Waals surface area contributed by atoms with Gasteiger partial charge in [0.05, 0.1) is 24.2 Å². The van der Waals surface area contributed by atoms with Crippen LogP contribution >= 0.6 is 0 Å². The highest BCUT2D eigenvalue weighted by Gasteiger charge is 2.45. The topological polar surface area (TPSA) is 82.5 Å². The van der Waals surface area contributed by atoms with Gasteiger partial charge in [-0.05, 0) is 51.1 Å². The number of rotatable bonds is 4. The number of anilines is 1. The Morgan fingerprint density at radius 1 is 1.17 bits per heavy atom. The number of aryl methyl sites for hydroxylation is 1. The number of para-hydroxylation sites is 1. The van der Waals surface area contributed by atoms with E-state index in [0.29, 0.717) is 17.9 Å². The van der Waals surface area contributed by atoms with Crippen molar-refractivity contribution >= 4 is 5.69 Å². The van der Waals surface area contributed by atoms with E-state index in [-0.39, 0.29) is 0 Å². The van der Waals surface area contributed by atoms with E-state index in [9.17, 15) is 10.4 Å². The van der Waals surface area contributed by atoms with Crippen LogP contribution in [0.5, 0.6) is 5.75 Å². The average Bonchev–Trinajstić information content (AvgIpc) is 3.13. The van der Waals surface area contributed by atoms with Crippen LogP contribution in [0.3, 0.4) is 0 Å². The molecule has 2 heterocycles. The van der Waals surface area contributed by atoms with Crippen LogP contribution in [-0.4, -0.2) is 22.0 Å². The van der Waals surface area contributed by atoms with Crippen molar-refractivity contribution in [3.05, 3.63) is 77.2 Å². The van der Waals surface area contributed by atoms with Crippen LogP contribution in [0.15, 0.2) is 59.1 Å². The van der Waals surface area contributed by atoms with Gasteiger partial charge in [0.2, 0.25) is 0 Å². The van der Waals surface area contributed by atoms with E-state index in [1.165, 1.54) is 0 Å². The van der Waals surface area contributed by atoms with Crippen LogP contribution < -0.4 is 9.64 Å². The minimum Gasteiger partial charge on any atom is -0.485 e. The summed E-state index contributed by atoms with van der Waals surface area (Å²) in [6.45, 7) is 6.03. The molecule has 1 aliphatic heterocycles. The van der Waals surface area contributed by atoms with Gasteiger partial charge in [0.25, 0.3) is 0 Å². The number of nitriles is 1. The number of hydrogen-bond acceptors (Lipinski definition) is 6. The molecule has 1 aliphatic rings. The molecule has 1 aromatic heterocycles. The predicted molar refractivity (Wildman–Crippen MR) is 108 cm³/mol. The number of fused-ring (bicyclic) bond motifs is 1. The molecule has 2 aromatic carbocycles. The van der Waals surface area contributed by atoms with E-state index in [0.717, 1.165) is 22.7 Å². The Morgan fingerprint density at radius 2 is 1.93 bits per heavy atom. The number of nitrogens with zero attached hydrogens (tertiary/aromatic N) is 3. The Kier molecular flexibility index (Phi) is 4.77. The third-order valence-electron chi connectivity index (χ3n) is 5.27. The molecule has 0 spiro atoms. The molecule has 0 unspecified atom stereocenters. The molecule has 0 saturated heterocycles. The van der Waals surface area contributed by atoms with Crippen molar-refractivity contribution in [1.82, 2.24) is 5.16 Å². The first-order chi connectivity index (χ1) is 13.9. The highest BCUT2D eigenvalue weighted by atomic mass is 16.5. The number of benzene rings is 2. The quantitative estimate of drug-likeness (QED) is 0.722. The van der Waals surface area contributed by atoms with Gasteiger partial charge >= 0.3 is 0 Å². The molecule has 0 amide bonds. The first-order valence-electron chi connectivity index (χ1n) is 9.54. The number of aliphatic hydroxyl groups excluding tert-OH is 1. The second kappa shape index (κ2) is 7.26. The summed E-state index contributed by atoms with van der Waals surface area (Å²) < 4.78 is 11.3. The maximum Gasteiger partial charge on any atom is 0.133 e. The number of hydrogen-bond donors (Lipinski definition) is 1. The van der Waals surface area contributed by atoms with Crippen LogP contribution in [0.2, 0.25) is 0 Å². The Balaban J connectivity index is 1.87. The van der Waals surface area contributed by atoms with Gasteiger partial charge in [-0.3, -0.25) is 0 Å². The minimum atomic E-state index is -0.836. The third kappa shape index (κ3) is 3.57. The van der Waals surface area contributed by atoms with Crippen LogP contribution in [-0.2, 0) is 6.54 Å². The van der Waals surface area contributed by atoms with Gasteiger partial charge in [-0.1, -0.05) is 23.4 Å². The largest absolute Gasteiger partial charge is 0.485 e. The van der Waals surface area contributed by atoms with Gasteiger partial charge < -0.3 is 19.3 Å². The molecule has 148 valence electrons. The van der Waals surface area contributed by atoms with Crippen LogP contribution in [0.25, 0.3) is 0 Å². The molecular weight excluding hydrogens is 366 g/mol. The van der Waals surface area contributed by atoms with Gasteiger partial charge in [0.15, 0.2) is 0 Å². The molecule has 1 N–H and O–H groups in total. The molecular formula is C23H23N3O3. The van der Waals surface area contributed by atoms with Crippen molar-refractivity contribution < 1.29 is 14.4 Å². The Morgan fingerprint density at radius 3 is 2.59 bits per heavy atom. The lowest BCUT2D eigenvalue weighted by Gasteiger charge is -2.47. The van der Waals surface area contributed by atoms with Gasteiger partial charge in [-0.15, -0.1) is 0 Å². The fourth-order valence-electron chi connectivity index (χ4n) is 3.81. The normalized spacial score (nSPS) is 19.7. The summed E-state index contributed by atoms with van der Waals surface area (Å²) in [4.78, 5) is 2.09. The van der Waals surface area contributed by atoms with Crippen molar-refractivity contribution in [3.8, 4) is 11.8 Å². The zero-order valence-corrected chi connectivity index (χ0v) is 16.7. The Hall–Kier alpha value is -3.30. The van der Waals surface area contributed by atoms with Crippen molar-refractivity contribution in [2.75, 3.05) is 4.90 Å². The smallest absolute Gasteiger partial charge is 0.133 e. The van der Waals surface area contributed by atoms with E-state index in [1.807, 2.05) is 57.2 Å². The molecule has 0 aliphatic carbocycles. The number of aliphatic hydroxyl groups is 1. The van der Waals surface area contributed by atoms with E-state index >= 15 is 0 Å². The van der Waals surface area contributed by atoms with Crippen LogP contribution in [0.4, 0.5) is 5.69 Å². The fraction of sp³-hybridized carbons (Fsp3) is 0.304.